The van der Waals surface area contributed by atoms with Crippen molar-refractivity contribution in [3.63, 3.8) is 0 Å². The summed E-state index contributed by atoms with van der Waals surface area (Å²) in [6, 6.07) is 7.37. The summed E-state index contributed by atoms with van der Waals surface area (Å²) in [5.74, 6) is 0.735. The number of benzene rings is 1. The van der Waals surface area contributed by atoms with Gasteiger partial charge in [-0.05, 0) is 37.5 Å². The van der Waals surface area contributed by atoms with E-state index in [1.54, 1.807) is 12.1 Å². The molecule has 0 radical (unpaired) electrons. The molecule has 0 saturated heterocycles. The SMILES string of the molecule is CC(NCCNC(=O)C1CC1)c1cccc(O)c1. The highest BCUT2D eigenvalue weighted by Crippen LogP contribution is 2.28. The number of carbonyl (C=O) groups is 1. The van der Waals surface area contributed by atoms with Crippen LogP contribution in [0, 0.1) is 5.92 Å². The first kappa shape index (κ1) is 12.9. The number of nitrogens with one attached hydrogen (secondary N) is 2. The van der Waals surface area contributed by atoms with Gasteiger partial charge in [0.2, 0.25) is 5.91 Å². The minimum Gasteiger partial charge on any atom is -0.508 e. The molecule has 4 heteroatoms. The Bertz CT molecular complexity index is 416. The van der Waals surface area contributed by atoms with Gasteiger partial charge in [0.15, 0.2) is 0 Å². The Kier molecular flexibility index (Phi) is 4.20. The van der Waals surface area contributed by atoms with Gasteiger partial charge in [-0.1, -0.05) is 12.1 Å². The van der Waals surface area contributed by atoms with Crippen LogP contribution in [0.4, 0.5) is 0 Å². The van der Waals surface area contributed by atoms with Crippen LogP contribution in [0.25, 0.3) is 0 Å². The lowest BCUT2D eigenvalue weighted by Crippen LogP contribution is -2.33. The Labute approximate surface area is 107 Å². The predicted molar refractivity (Wildman–Crippen MR) is 70.3 cm³/mol. The average molecular weight is 248 g/mol. The highest BCUT2D eigenvalue weighted by Gasteiger charge is 2.28. The van der Waals surface area contributed by atoms with Crippen LogP contribution in [0.15, 0.2) is 24.3 Å². The predicted octanol–water partition coefficient (Wildman–Crippen LogP) is 1.57. The highest BCUT2D eigenvalue weighted by molar-refractivity contribution is 5.80. The van der Waals surface area contributed by atoms with Crippen LogP contribution in [0.5, 0.6) is 5.75 Å². The zero-order valence-corrected chi connectivity index (χ0v) is 10.6. The maximum Gasteiger partial charge on any atom is 0.223 e. The molecule has 0 aliphatic heterocycles. The van der Waals surface area contributed by atoms with E-state index in [0.29, 0.717) is 6.54 Å². The molecule has 98 valence electrons. The van der Waals surface area contributed by atoms with Crippen LogP contribution in [0.3, 0.4) is 0 Å². The molecule has 1 aliphatic carbocycles. The van der Waals surface area contributed by atoms with Crippen molar-refractivity contribution in [2.75, 3.05) is 13.1 Å². The van der Waals surface area contributed by atoms with E-state index >= 15 is 0 Å². The van der Waals surface area contributed by atoms with Gasteiger partial charge in [-0.2, -0.15) is 0 Å². The zero-order chi connectivity index (χ0) is 13.0. The van der Waals surface area contributed by atoms with Crippen molar-refractivity contribution in [1.82, 2.24) is 10.6 Å². The van der Waals surface area contributed by atoms with Gasteiger partial charge in [0, 0.05) is 25.0 Å². The van der Waals surface area contributed by atoms with Crippen LogP contribution in [-0.4, -0.2) is 24.1 Å². The summed E-state index contributed by atoms with van der Waals surface area (Å²) in [5, 5.41) is 15.6. The monoisotopic (exact) mass is 248 g/mol. The Morgan fingerprint density at radius 3 is 2.89 bits per heavy atom. The van der Waals surface area contributed by atoms with Gasteiger partial charge in [-0.25, -0.2) is 0 Å². The molecule has 1 amide bonds. The minimum absolute atomic E-state index is 0.162. The molecule has 1 aromatic carbocycles. The largest absolute Gasteiger partial charge is 0.508 e. The summed E-state index contributed by atoms with van der Waals surface area (Å²) >= 11 is 0. The Morgan fingerprint density at radius 2 is 2.22 bits per heavy atom. The molecular weight excluding hydrogens is 228 g/mol. The van der Waals surface area contributed by atoms with Crippen molar-refractivity contribution in [2.24, 2.45) is 5.92 Å². The Hall–Kier alpha value is -1.55. The number of phenolic OH excluding ortho intramolecular Hbond substituents is 1. The quantitative estimate of drug-likeness (QED) is 0.670. The fourth-order valence-corrected chi connectivity index (χ4v) is 1.88. The third-order valence-corrected chi connectivity index (χ3v) is 3.19. The van der Waals surface area contributed by atoms with Crippen molar-refractivity contribution >= 4 is 5.91 Å². The number of amides is 1. The average Bonchev–Trinajstić information content (AvgIpc) is 3.18. The van der Waals surface area contributed by atoms with Gasteiger partial charge in [0.25, 0.3) is 0 Å². The molecule has 0 bridgehead atoms. The van der Waals surface area contributed by atoms with Crippen LogP contribution in [0.1, 0.15) is 31.4 Å². The number of hydrogen-bond acceptors (Lipinski definition) is 3. The Balaban J connectivity index is 1.68. The molecular formula is C14H20N2O2. The van der Waals surface area contributed by atoms with Crippen LogP contribution in [-0.2, 0) is 4.79 Å². The normalized spacial score (nSPS) is 16.3. The number of aromatic hydroxyl groups is 1. The lowest BCUT2D eigenvalue weighted by atomic mass is 10.1. The van der Waals surface area contributed by atoms with E-state index in [1.807, 2.05) is 19.1 Å². The molecule has 1 fully saturated rings. The summed E-state index contributed by atoms with van der Waals surface area (Å²) in [6.07, 6.45) is 2.08. The molecule has 0 spiro atoms. The maximum absolute atomic E-state index is 11.4. The second kappa shape index (κ2) is 5.87. The molecule has 4 nitrogen and oxygen atoms in total. The molecule has 1 atom stereocenters. The van der Waals surface area contributed by atoms with Crippen molar-refractivity contribution < 1.29 is 9.90 Å². The van der Waals surface area contributed by atoms with Gasteiger partial charge in [-0.3, -0.25) is 4.79 Å². The molecule has 1 aromatic rings. The first-order chi connectivity index (χ1) is 8.66. The smallest absolute Gasteiger partial charge is 0.223 e. The lowest BCUT2D eigenvalue weighted by Gasteiger charge is -2.14. The van der Waals surface area contributed by atoms with Crippen molar-refractivity contribution in [1.29, 1.82) is 0 Å². The number of carbonyl (C=O) groups excluding carboxylic acids is 1. The molecule has 3 N–H and O–H groups in total. The summed E-state index contributed by atoms with van der Waals surface area (Å²) in [5.41, 5.74) is 1.04. The van der Waals surface area contributed by atoms with E-state index in [9.17, 15) is 9.90 Å². The first-order valence-corrected chi connectivity index (χ1v) is 6.47. The third kappa shape index (κ3) is 3.74. The van der Waals surface area contributed by atoms with Crippen molar-refractivity contribution in [3.05, 3.63) is 29.8 Å². The topological polar surface area (TPSA) is 61.4 Å². The van der Waals surface area contributed by atoms with Gasteiger partial charge in [0.05, 0.1) is 0 Å². The van der Waals surface area contributed by atoms with Gasteiger partial charge >= 0.3 is 0 Å². The highest BCUT2D eigenvalue weighted by atomic mass is 16.3. The summed E-state index contributed by atoms with van der Waals surface area (Å²) in [6.45, 7) is 3.42. The molecule has 18 heavy (non-hydrogen) atoms. The second-order valence-corrected chi connectivity index (χ2v) is 4.84. The van der Waals surface area contributed by atoms with Crippen LogP contribution >= 0.6 is 0 Å². The zero-order valence-electron chi connectivity index (χ0n) is 10.6. The fraction of sp³-hybridized carbons (Fsp3) is 0.500. The number of hydrogen-bond donors (Lipinski definition) is 3. The van der Waals surface area contributed by atoms with E-state index in [-0.39, 0.29) is 23.6 Å². The number of rotatable bonds is 6. The summed E-state index contributed by atoms with van der Waals surface area (Å²) < 4.78 is 0. The van der Waals surface area contributed by atoms with Crippen LogP contribution < -0.4 is 10.6 Å². The van der Waals surface area contributed by atoms with E-state index in [4.69, 9.17) is 0 Å². The molecule has 1 unspecified atom stereocenters. The summed E-state index contributed by atoms with van der Waals surface area (Å²) in [7, 11) is 0. The standard InChI is InChI=1S/C14H20N2O2/c1-10(12-3-2-4-13(17)9-12)15-7-8-16-14(18)11-5-6-11/h2-4,9-11,15,17H,5-8H2,1H3,(H,16,18). The van der Waals surface area contributed by atoms with Crippen molar-refractivity contribution in [3.8, 4) is 5.75 Å². The van der Waals surface area contributed by atoms with E-state index in [0.717, 1.165) is 24.9 Å². The Morgan fingerprint density at radius 1 is 1.44 bits per heavy atom. The van der Waals surface area contributed by atoms with Gasteiger partial charge in [0.1, 0.15) is 5.75 Å². The molecule has 0 aromatic heterocycles. The van der Waals surface area contributed by atoms with Crippen molar-refractivity contribution in [2.45, 2.75) is 25.8 Å². The summed E-state index contributed by atoms with van der Waals surface area (Å²) in [4.78, 5) is 11.4. The molecule has 1 aliphatic rings. The van der Waals surface area contributed by atoms with Gasteiger partial charge in [-0.15, -0.1) is 0 Å². The third-order valence-electron chi connectivity index (χ3n) is 3.19. The fourth-order valence-electron chi connectivity index (χ4n) is 1.88. The van der Waals surface area contributed by atoms with Gasteiger partial charge < -0.3 is 15.7 Å². The molecule has 2 rings (SSSR count). The van der Waals surface area contributed by atoms with E-state index < -0.39 is 0 Å². The maximum atomic E-state index is 11.4. The van der Waals surface area contributed by atoms with E-state index in [2.05, 4.69) is 10.6 Å². The first-order valence-electron chi connectivity index (χ1n) is 6.47. The molecule has 0 heterocycles. The minimum atomic E-state index is 0.162. The van der Waals surface area contributed by atoms with Crippen LogP contribution in [0.2, 0.25) is 0 Å². The molecule has 1 saturated carbocycles. The lowest BCUT2D eigenvalue weighted by molar-refractivity contribution is -0.122. The second-order valence-electron chi connectivity index (χ2n) is 4.84. The number of phenols is 1. The van der Waals surface area contributed by atoms with E-state index in [1.165, 1.54) is 0 Å².